The van der Waals surface area contributed by atoms with Crippen molar-refractivity contribution in [3.63, 3.8) is 0 Å². The Morgan fingerprint density at radius 2 is 1.48 bits per heavy atom. The highest BCUT2D eigenvalue weighted by molar-refractivity contribution is 7.21. The summed E-state index contributed by atoms with van der Waals surface area (Å²) in [6.45, 7) is 12.9. The third-order valence-electron chi connectivity index (χ3n) is 3.20. The van der Waals surface area contributed by atoms with Gasteiger partial charge in [-0.05, 0) is 50.9 Å². The maximum atomic E-state index is 6.25. The highest BCUT2D eigenvalue weighted by Crippen LogP contribution is 2.38. The molecule has 0 N–H and O–H groups in total. The van der Waals surface area contributed by atoms with Gasteiger partial charge in [0.25, 0.3) is 0 Å². The van der Waals surface area contributed by atoms with Gasteiger partial charge in [-0.2, -0.15) is 9.97 Å². The number of nitrogens with zero attached hydrogens (tertiary/aromatic N) is 2. The van der Waals surface area contributed by atoms with Gasteiger partial charge in [-0.3, -0.25) is 0 Å². The van der Waals surface area contributed by atoms with Crippen molar-refractivity contribution in [3.05, 3.63) is 36.4 Å². The van der Waals surface area contributed by atoms with Crippen molar-refractivity contribution in [2.45, 2.75) is 39.3 Å². The molecule has 0 amide bonds. The van der Waals surface area contributed by atoms with E-state index in [0.29, 0.717) is 11.9 Å². The molecular weight excluding hydrogens is 364 g/mol. The molecule has 0 aliphatic carbocycles. The molecular formula is C18H24N2O2SSi2. The van der Waals surface area contributed by atoms with Gasteiger partial charge < -0.3 is 8.85 Å². The average Bonchev–Trinajstić information content (AvgIpc) is 2.89. The van der Waals surface area contributed by atoms with Crippen molar-refractivity contribution in [2.24, 2.45) is 0 Å². The van der Waals surface area contributed by atoms with Crippen LogP contribution >= 0.6 is 11.3 Å². The summed E-state index contributed by atoms with van der Waals surface area (Å²) in [6, 6.07) is 12.9. The molecule has 0 radical (unpaired) electrons. The predicted molar refractivity (Wildman–Crippen MR) is 111 cm³/mol. The van der Waals surface area contributed by atoms with Crippen LogP contribution in [-0.4, -0.2) is 26.6 Å². The van der Waals surface area contributed by atoms with Gasteiger partial charge in [0.05, 0.1) is 5.39 Å². The molecule has 7 heteroatoms. The summed E-state index contributed by atoms with van der Waals surface area (Å²) < 4.78 is 12.3. The van der Waals surface area contributed by atoms with Crippen LogP contribution in [0.1, 0.15) is 0 Å². The second-order valence-corrected chi connectivity index (χ2v) is 17.8. The molecule has 132 valence electrons. The van der Waals surface area contributed by atoms with E-state index in [0.717, 1.165) is 15.1 Å². The van der Waals surface area contributed by atoms with E-state index in [4.69, 9.17) is 8.85 Å². The van der Waals surface area contributed by atoms with E-state index in [1.54, 1.807) is 11.3 Å². The van der Waals surface area contributed by atoms with E-state index in [1.165, 1.54) is 5.56 Å². The lowest BCUT2D eigenvalue weighted by molar-refractivity contribution is 0.483. The molecule has 0 saturated heterocycles. The summed E-state index contributed by atoms with van der Waals surface area (Å²) in [4.78, 5) is 11.3. The van der Waals surface area contributed by atoms with Gasteiger partial charge in [0.15, 0.2) is 0 Å². The highest BCUT2D eigenvalue weighted by atomic mass is 32.1. The minimum absolute atomic E-state index is 0.432. The molecule has 0 aliphatic heterocycles. The van der Waals surface area contributed by atoms with Crippen molar-refractivity contribution < 1.29 is 8.85 Å². The van der Waals surface area contributed by atoms with Crippen molar-refractivity contribution in [3.8, 4) is 22.3 Å². The Morgan fingerprint density at radius 3 is 2.08 bits per heavy atom. The first-order valence-electron chi connectivity index (χ1n) is 8.36. The second kappa shape index (κ2) is 6.55. The topological polar surface area (TPSA) is 44.2 Å². The van der Waals surface area contributed by atoms with Crippen LogP contribution in [0.15, 0.2) is 36.4 Å². The molecule has 4 nitrogen and oxygen atoms in total. The van der Waals surface area contributed by atoms with Crippen LogP contribution in [0.5, 0.6) is 11.9 Å². The van der Waals surface area contributed by atoms with Gasteiger partial charge in [-0.25, -0.2) is 0 Å². The molecule has 3 rings (SSSR count). The second-order valence-electron chi connectivity index (χ2n) is 7.94. The monoisotopic (exact) mass is 388 g/mol. The fraction of sp³-hybridized carbons (Fsp3) is 0.333. The van der Waals surface area contributed by atoms with Crippen LogP contribution in [0.3, 0.4) is 0 Å². The zero-order valence-electron chi connectivity index (χ0n) is 15.6. The van der Waals surface area contributed by atoms with E-state index < -0.39 is 16.6 Å². The Balaban J connectivity index is 2.13. The van der Waals surface area contributed by atoms with E-state index >= 15 is 0 Å². The van der Waals surface area contributed by atoms with Crippen LogP contribution < -0.4 is 8.85 Å². The molecule has 3 aromatic rings. The summed E-state index contributed by atoms with van der Waals surface area (Å²) in [5, 5.41) is 0.967. The molecule has 2 heterocycles. The molecule has 1 aromatic carbocycles. The third kappa shape index (κ3) is 4.68. The Hall–Kier alpha value is -1.71. The third-order valence-corrected chi connectivity index (χ3v) is 5.87. The first kappa shape index (κ1) is 18.1. The zero-order chi connectivity index (χ0) is 18.2. The smallest absolute Gasteiger partial charge is 0.307 e. The minimum Gasteiger partial charge on any atom is -0.531 e. The minimum atomic E-state index is -1.80. The van der Waals surface area contributed by atoms with Gasteiger partial charge in [-0.1, -0.05) is 30.3 Å². The molecule has 0 unspecified atom stereocenters. The summed E-state index contributed by atoms with van der Waals surface area (Å²) in [7, 11) is -3.59. The van der Waals surface area contributed by atoms with E-state index in [9.17, 15) is 0 Å². The number of hydrogen-bond donors (Lipinski definition) is 0. The van der Waals surface area contributed by atoms with Crippen molar-refractivity contribution >= 4 is 38.2 Å². The van der Waals surface area contributed by atoms with Crippen LogP contribution in [0.25, 0.3) is 20.7 Å². The molecule has 0 aliphatic rings. The molecule has 0 saturated carbocycles. The van der Waals surface area contributed by atoms with E-state index in [2.05, 4.69) is 67.4 Å². The lowest BCUT2D eigenvalue weighted by Crippen LogP contribution is -2.31. The highest BCUT2D eigenvalue weighted by Gasteiger charge is 2.24. The molecule has 0 spiro atoms. The van der Waals surface area contributed by atoms with Crippen molar-refractivity contribution in [2.75, 3.05) is 0 Å². The number of thiophene rings is 1. The lowest BCUT2D eigenvalue weighted by Gasteiger charge is -2.21. The normalized spacial score (nSPS) is 12.4. The van der Waals surface area contributed by atoms with Gasteiger partial charge >= 0.3 is 6.01 Å². The van der Waals surface area contributed by atoms with Crippen molar-refractivity contribution in [1.82, 2.24) is 9.97 Å². The molecule has 0 bridgehead atoms. The summed E-state index contributed by atoms with van der Waals surface area (Å²) in [5.41, 5.74) is 1.18. The number of benzene rings is 1. The van der Waals surface area contributed by atoms with Crippen molar-refractivity contribution in [1.29, 1.82) is 0 Å². The van der Waals surface area contributed by atoms with Gasteiger partial charge in [0, 0.05) is 4.88 Å². The fourth-order valence-corrected chi connectivity index (χ4v) is 4.70. The van der Waals surface area contributed by atoms with E-state index in [1.807, 2.05) is 18.2 Å². The van der Waals surface area contributed by atoms with E-state index in [-0.39, 0.29) is 0 Å². The molecule has 25 heavy (non-hydrogen) atoms. The summed E-state index contributed by atoms with van der Waals surface area (Å²) in [5.74, 6) is 0.649. The predicted octanol–water partition coefficient (Wildman–Crippen LogP) is 5.79. The average molecular weight is 389 g/mol. The fourth-order valence-electron chi connectivity index (χ4n) is 2.31. The van der Waals surface area contributed by atoms with Crippen LogP contribution in [-0.2, 0) is 0 Å². The number of aromatic nitrogens is 2. The first-order chi connectivity index (χ1) is 11.6. The van der Waals surface area contributed by atoms with Crippen LogP contribution in [0.2, 0.25) is 39.3 Å². The number of rotatable bonds is 5. The van der Waals surface area contributed by atoms with Crippen LogP contribution in [0.4, 0.5) is 0 Å². The van der Waals surface area contributed by atoms with Gasteiger partial charge in [0.1, 0.15) is 4.83 Å². The maximum Gasteiger partial charge on any atom is 0.307 e. The van der Waals surface area contributed by atoms with Crippen LogP contribution in [0, 0.1) is 0 Å². The maximum absolute atomic E-state index is 6.25. The Kier molecular flexibility index (Phi) is 4.74. The molecule has 0 atom stereocenters. The van der Waals surface area contributed by atoms with Gasteiger partial charge in [-0.15, -0.1) is 11.3 Å². The zero-order valence-corrected chi connectivity index (χ0v) is 18.4. The Bertz CT molecular complexity index is 884. The SMILES string of the molecule is C[Si](C)(C)Oc1nc(O[Si](C)(C)C)c2cc(-c3ccccc3)sc2n1. The number of hydrogen-bond acceptors (Lipinski definition) is 5. The molecule has 0 fully saturated rings. The number of fused-ring (bicyclic) bond motifs is 1. The largest absolute Gasteiger partial charge is 0.531 e. The summed E-state index contributed by atoms with van der Waals surface area (Å²) in [6.07, 6.45) is 0. The summed E-state index contributed by atoms with van der Waals surface area (Å²) >= 11 is 1.65. The Labute approximate surface area is 155 Å². The quantitative estimate of drug-likeness (QED) is 0.519. The standard InChI is InChI=1S/C18H24N2O2SSi2/c1-24(2,3)21-16-14-12-15(13-10-8-7-9-11-13)23-17(14)20-18(19-16)22-25(4,5)6/h7-12H,1-6H3. The lowest BCUT2D eigenvalue weighted by atomic mass is 10.2. The first-order valence-corrected chi connectivity index (χ1v) is 16.0. The molecule has 2 aromatic heterocycles. The Morgan fingerprint density at radius 1 is 0.840 bits per heavy atom. The van der Waals surface area contributed by atoms with Gasteiger partial charge in [0.2, 0.25) is 22.5 Å².